The van der Waals surface area contributed by atoms with Crippen LogP contribution in [0.1, 0.15) is 0 Å². The lowest BCUT2D eigenvalue weighted by molar-refractivity contribution is -0.132. The van der Waals surface area contributed by atoms with E-state index in [4.69, 9.17) is 10.2 Å². The summed E-state index contributed by atoms with van der Waals surface area (Å²) in [6.45, 7) is 3.29. The van der Waals surface area contributed by atoms with E-state index in [1.807, 2.05) is 0 Å². The predicted octanol–water partition coefficient (Wildman–Crippen LogP) is -0.155. The van der Waals surface area contributed by atoms with Gasteiger partial charge in [-0.2, -0.15) is 0 Å². The number of aliphatic carboxylic acids is 1. The highest BCUT2D eigenvalue weighted by Gasteiger charge is 2.25. The second kappa shape index (κ2) is 3.55. The molecule has 1 aliphatic carbocycles. The van der Waals surface area contributed by atoms with Crippen molar-refractivity contribution in [2.24, 2.45) is 0 Å². The van der Waals surface area contributed by atoms with Crippen molar-refractivity contribution in [3.63, 3.8) is 0 Å². The molecule has 0 fully saturated rings. The summed E-state index contributed by atoms with van der Waals surface area (Å²) in [6, 6.07) is 0. The highest BCUT2D eigenvalue weighted by molar-refractivity contribution is 5.91. The van der Waals surface area contributed by atoms with Crippen LogP contribution in [0.2, 0.25) is 0 Å². The number of aliphatic hydroxyl groups excluding tert-OH is 2. The van der Waals surface area contributed by atoms with Gasteiger partial charge in [-0.25, -0.2) is 4.79 Å². The monoisotopic (exact) mass is 182 g/mol. The maximum Gasteiger partial charge on any atom is 0.335 e. The molecule has 0 aliphatic heterocycles. The smallest absolute Gasteiger partial charge is 0.335 e. The molecule has 4 heteroatoms. The standard InChI is InChI=1S/C9H10O4/c1-5(9(12)13)6-3-2-4-7(10)8(6)11/h2-4,7-8,10-11H,1H2,(H,12,13). The van der Waals surface area contributed by atoms with Crippen LogP contribution in [0.15, 0.2) is 36.0 Å². The first-order valence-corrected chi connectivity index (χ1v) is 3.71. The Bertz CT molecular complexity index is 301. The van der Waals surface area contributed by atoms with Gasteiger partial charge in [0.2, 0.25) is 0 Å². The lowest BCUT2D eigenvalue weighted by Gasteiger charge is -2.20. The fourth-order valence-corrected chi connectivity index (χ4v) is 1.06. The Balaban J connectivity index is 2.92. The summed E-state index contributed by atoms with van der Waals surface area (Å²) in [7, 11) is 0. The van der Waals surface area contributed by atoms with Gasteiger partial charge in [0.05, 0.1) is 5.57 Å². The Morgan fingerprint density at radius 3 is 2.62 bits per heavy atom. The van der Waals surface area contributed by atoms with Crippen LogP contribution in [-0.4, -0.2) is 33.5 Å². The number of allylic oxidation sites excluding steroid dienone is 2. The van der Waals surface area contributed by atoms with Crippen LogP contribution in [-0.2, 0) is 4.79 Å². The second-order valence-electron chi connectivity index (χ2n) is 2.73. The molecule has 0 amide bonds. The average Bonchev–Trinajstić information content (AvgIpc) is 2.08. The Hall–Kier alpha value is -1.39. The lowest BCUT2D eigenvalue weighted by Crippen LogP contribution is -2.29. The summed E-state index contributed by atoms with van der Waals surface area (Å²) < 4.78 is 0. The van der Waals surface area contributed by atoms with Crippen LogP contribution >= 0.6 is 0 Å². The molecule has 70 valence electrons. The molecule has 0 spiro atoms. The van der Waals surface area contributed by atoms with Crippen molar-refractivity contribution in [1.29, 1.82) is 0 Å². The minimum Gasteiger partial charge on any atom is -0.478 e. The molecule has 1 aliphatic rings. The Labute approximate surface area is 75.1 Å². The largest absolute Gasteiger partial charge is 0.478 e. The molecule has 2 unspecified atom stereocenters. The van der Waals surface area contributed by atoms with Crippen LogP contribution in [0.4, 0.5) is 0 Å². The van der Waals surface area contributed by atoms with Crippen molar-refractivity contribution in [2.75, 3.05) is 0 Å². The molecule has 0 aromatic carbocycles. The number of hydrogen-bond donors (Lipinski definition) is 3. The first-order chi connectivity index (χ1) is 6.04. The highest BCUT2D eigenvalue weighted by Crippen LogP contribution is 2.20. The second-order valence-corrected chi connectivity index (χ2v) is 2.73. The van der Waals surface area contributed by atoms with Crippen molar-refractivity contribution in [2.45, 2.75) is 12.2 Å². The Morgan fingerprint density at radius 1 is 1.46 bits per heavy atom. The SMILES string of the molecule is C=C(C(=O)O)C1=CC=CC(O)C1O. The molecule has 0 saturated carbocycles. The van der Waals surface area contributed by atoms with E-state index in [0.717, 1.165) is 0 Å². The minimum absolute atomic E-state index is 0.141. The van der Waals surface area contributed by atoms with Crippen LogP contribution in [0.3, 0.4) is 0 Å². The molecule has 0 bridgehead atoms. The molecule has 0 heterocycles. The molecule has 1 rings (SSSR count). The van der Waals surface area contributed by atoms with E-state index in [1.54, 1.807) is 0 Å². The molecule has 4 nitrogen and oxygen atoms in total. The van der Waals surface area contributed by atoms with Crippen LogP contribution in [0, 0.1) is 0 Å². The Kier molecular flexibility index (Phi) is 2.65. The van der Waals surface area contributed by atoms with E-state index >= 15 is 0 Å². The van der Waals surface area contributed by atoms with Crippen LogP contribution < -0.4 is 0 Å². The third kappa shape index (κ3) is 1.85. The van der Waals surface area contributed by atoms with E-state index < -0.39 is 18.2 Å². The average molecular weight is 182 g/mol. The van der Waals surface area contributed by atoms with E-state index in [2.05, 4.69) is 6.58 Å². The van der Waals surface area contributed by atoms with Crippen molar-refractivity contribution in [3.8, 4) is 0 Å². The summed E-state index contributed by atoms with van der Waals surface area (Å²) in [5.74, 6) is -1.20. The number of carboxylic acid groups (broad SMARTS) is 1. The third-order valence-electron chi connectivity index (χ3n) is 1.83. The lowest BCUT2D eigenvalue weighted by atomic mass is 9.94. The van der Waals surface area contributed by atoms with E-state index in [1.165, 1.54) is 18.2 Å². The fraction of sp³-hybridized carbons (Fsp3) is 0.222. The quantitative estimate of drug-likeness (QED) is 0.519. The van der Waals surface area contributed by atoms with Gasteiger partial charge in [0.1, 0.15) is 12.2 Å². The molecule has 0 saturated heterocycles. The van der Waals surface area contributed by atoms with Gasteiger partial charge in [-0.05, 0) is 5.57 Å². The summed E-state index contributed by atoms with van der Waals surface area (Å²) in [5.41, 5.74) is -0.0570. The van der Waals surface area contributed by atoms with Crippen molar-refractivity contribution in [1.82, 2.24) is 0 Å². The summed E-state index contributed by atoms with van der Waals surface area (Å²) in [6.07, 6.45) is 2.03. The maximum absolute atomic E-state index is 10.5. The van der Waals surface area contributed by atoms with E-state index in [0.29, 0.717) is 0 Å². The topological polar surface area (TPSA) is 77.8 Å². The summed E-state index contributed by atoms with van der Waals surface area (Å²) in [5, 5.41) is 27.1. The maximum atomic E-state index is 10.5. The number of rotatable bonds is 2. The molecule has 0 aromatic heterocycles. The Morgan fingerprint density at radius 2 is 2.08 bits per heavy atom. The molecular formula is C9H10O4. The van der Waals surface area contributed by atoms with Crippen LogP contribution in [0.5, 0.6) is 0 Å². The van der Waals surface area contributed by atoms with Crippen molar-refractivity contribution >= 4 is 5.97 Å². The predicted molar refractivity (Wildman–Crippen MR) is 46.0 cm³/mol. The first kappa shape index (κ1) is 9.70. The van der Waals surface area contributed by atoms with Crippen LogP contribution in [0.25, 0.3) is 0 Å². The number of carbonyl (C=O) groups is 1. The van der Waals surface area contributed by atoms with Gasteiger partial charge in [0.15, 0.2) is 0 Å². The summed E-state index contributed by atoms with van der Waals surface area (Å²) in [4.78, 5) is 10.5. The summed E-state index contributed by atoms with van der Waals surface area (Å²) >= 11 is 0. The molecule has 13 heavy (non-hydrogen) atoms. The van der Waals surface area contributed by atoms with Gasteiger partial charge in [-0.15, -0.1) is 0 Å². The fourth-order valence-electron chi connectivity index (χ4n) is 1.06. The number of carboxylic acids is 1. The number of aliphatic hydroxyl groups is 2. The molecule has 3 N–H and O–H groups in total. The molecule has 0 aromatic rings. The molecule has 0 radical (unpaired) electrons. The normalized spacial score (nSPS) is 26.8. The van der Waals surface area contributed by atoms with E-state index in [-0.39, 0.29) is 11.1 Å². The zero-order chi connectivity index (χ0) is 10.0. The third-order valence-corrected chi connectivity index (χ3v) is 1.83. The van der Waals surface area contributed by atoms with Gasteiger partial charge in [0.25, 0.3) is 0 Å². The molecular weight excluding hydrogens is 172 g/mol. The highest BCUT2D eigenvalue weighted by atomic mass is 16.4. The van der Waals surface area contributed by atoms with Crippen molar-refractivity contribution < 1.29 is 20.1 Å². The van der Waals surface area contributed by atoms with Gasteiger partial charge >= 0.3 is 5.97 Å². The number of hydrogen-bond acceptors (Lipinski definition) is 3. The first-order valence-electron chi connectivity index (χ1n) is 3.71. The van der Waals surface area contributed by atoms with Crippen molar-refractivity contribution in [3.05, 3.63) is 36.0 Å². The van der Waals surface area contributed by atoms with Gasteiger partial charge in [0, 0.05) is 0 Å². The zero-order valence-electron chi connectivity index (χ0n) is 6.84. The minimum atomic E-state index is -1.20. The zero-order valence-corrected chi connectivity index (χ0v) is 6.84. The van der Waals surface area contributed by atoms with E-state index in [9.17, 15) is 9.90 Å². The van der Waals surface area contributed by atoms with Gasteiger partial charge in [-0.1, -0.05) is 24.8 Å². The van der Waals surface area contributed by atoms with Gasteiger partial charge in [-0.3, -0.25) is 0 Å². The van der Waals surface area contributed by atoms with Gasteiger partial charge < -0.3 is 15.3 Å². The molecule has 2 atom stereocenters.